The highest BCUT2D eigenvalue weighted by Crippen LogP contribution is 2.24. The number of piperazine rings is 1. The Hall–Kier alpha value is -0.120. The summed E-state index contributed by atoms with van der Waals surface area (Å²) in [5, 5.41) is 0. The van der Waals surface area contributed by atoms with Crippen molar-refractivity contribution >= 4 is 0 Å². The molecule has 2 saturated heterocycles. The van der Waals surface area contributed by atoms with Crippen molar-refractivity contribution in [2.75, 3.05) is 46.3 Å². The molecule has 0 aromatic rings. The third-order valence-corrected chi connectivity index (χ3v) is 5.12. The van der Waals surface area contributed by atoms with E-state index in [9.17, 15) is 0 Å². The molecule has 0 aromatic carbocycles. The first-order valence-corrected chi connectivity index (χ1v) is 8.23. The molecule has 2 unspecified atom stereocenters. The zero-order valence-corrected chi connectivity index (χ0v) is 13.4. The number of piperidine rings is 1. The van der Waals surface area contributed by atoms with Gasteiger partial charge in [-0.1, -0.05) is 0 Å². The Bertz CT molecular complexity index is 259. The summed E-state index contributed by atoms with van der Waals surface area (Å²) in [5.41, 5.74) is 0. The summed E-state index contributed by atoms with van der Waals surface area (Å²) in [6.45, 7) is 14.8. The number of likely N-dealkylation sites (N-methyl/N-ethyl adjacent to an activating group) is 1. The van der Waals surface area contributed by atoms with Crippen molar-refractivity contribution in [3.05, 3.63) is 0 Å². The molecular formula is C16H33N3. The van der Waals surface area contributed by atoms with Gasteiger partial charge in [0.1, 0.15) is 0 Å². The number of likely N-dealkylation sites (tertiary alicyclic amines) is 1. The lowest BCUT2D eigenvalue weighted by atomic mass is 9.90. The topological polar surface area (TPSA) is 9.72 Å². The fourth-order valence-corrected chi connectivity index (χ4v) is 3.65. The van der Waals surface area contributed by atoms with E-state index in [-0.39, 0.29) is 0 Å². The molecule has 2 atom stereocenters. The Balaban J connectivity index is 1.76. The molecule has 0 saturated carbocycles. The summed E-state index contributed by atoms with van der Waals surface area (Å²) in [6, 6.07) is 1.49. The second-order valence-corrected chi connectivity index (χ2v) is 7.02. The van der Waals surface area contributed by atoms with Crippen LogP contribution >= 0.6 is 0 Å². The summed E-state index contributed by atoms with van der Waals surface area (Å²) < 4.78 is 0. The van der Waals surface area contributed by atoms with Crippen LogP contribution in [0.4, 0.5) is 0 Å². The maximum absolute atomic E-state index is 2.70. The Morgan fingerprint density at radius 3 is 2.26 bits per heavy atom. The van der Waals surface area contributed by atoms with Crippen LogP contribution in [-0.4, -0.2) is 73.1 Å². The van der Waals surface area contributed by atoms with E-state index >= 15 is 0 Å². The average Bonchev–Trinajstić information content (AvgIpc) is 2.39. The molecule has 2 rings (SSSR count). The van der Waals surface area contributed by atoms with Gasteiger partial charge in [-0.2, -0.15) is 0 Å². The van der Waals surface area contributed by atoms with Crippen LogP contribution in [-0.2, 0) is 0 Å². The van der Waals surface area contributed by atoms with Crippen molar-refractivity contribution in [2.45, 2.75) is 52.1 Å². The van der Waals surface area contributed by atoms with Crippen LogP contribution in [0.3, 0.4) is 0 Å². The summed E-state index contributed by atoms with van der Waals surface area (Å²) in [7, 11) is 2.24. The van der Waals surface area contributed by atoms with E-state index in [1.165, 1.54) is 58.5 Å². The highest BCUT2D eigenvalue weighted by atomic mass is 15.3. The molecule has 0 aliphatic carbocycles. The van der Waals surface area contributed by atoms with Gasteiger partial charge in [-0.15, -0.1) is 0 Å². The molecule has 2 aliphatic rings. The zero-order chi connectivity index (χ0) is 13.8. The van der Waals surface area contributed by atoms with Crippen molar-refractivity contribution in [1.29, 1.82) is 0 Å². The molecule has 0 aromatic heterocycles. The van der Waals surface area contributed by atoms with E-state index in [1.54, 1.807) is 0 Å². The molecule has 0 spiro atoms. The van der Waals surface area contributed by atoms with Crippen LogP contribution in [0.1, 0.15) is 40.0 Å². The van der Waals surface area contributed by atoms with Gasteiger partial charge in [0.15, 0.2) is 0 Å². The van der Waals surface area contributed by atoms with E-state index in [0.717, 1.165) is 18.0 Å². The molecule has 2 heterocycles. The average molecular weight is 267 g/mol. The lowest BCUT2D eigenvalue weighted by molar-refractivity contribution is 0.0811. The predicted octanol–water partition coefficient (Wildman–Crippen LogP) is 2.13. The van der Waals surface area contributed by atoms with Gasteiger partial charge >= 0.3 is 0 Å². The third kappa shape index (κ3) is 4.44. The molecule has 0 radical (unpaired) electrons. The maximum Gasteiger partial charge on any atom is 0.0113 e. The van der Waals surface area contributed by atoms with Crippen LogP contribution in [0.2, 0.25) is 0 Å². The van der Waals surface area contributed by atoms with Gasteiger partial charge in [-0.05, 0) is 59.5 Å². The molecule has 2 fully saturated rings. The summed E-state index contributed by atoms with van der Waals surface area (Å²) in [4.78, 5) is 7.82. The van der Waals surface area contributed by atoms with Crippen LogP contribution < -0.4 is 0 Å². The minimum atomic E-state index is 0.724. The monoisotopic (exact) mass is 267 g/mol. The van der Waals surface area contributed by atoms with Gasteiger partial charge in [0.05, 0.1) is 0 Å². The third-order valence-electron chi connectivity index (χ3n) is 5.12. The van der Waals surface area contributed by atoms with Crippen LogP contribution in [0.15, 0.2) is 0 Å². The maximum atomic E-state index is 2.70. The molecule has 0 bridgehead atoms. The fraction of sp³-hybridized carbons (Fsp3) is 1.00. The Morgan fingerprint density at radius 1 is 0.947 bits per heavy atom. The smallest absolute Gasteiger partial charge is 0.0113 e. The first-order valence-electron chi connectivity index (χ1n) is 8.23. The Labute approximate surface area is 119 Å². The van der Waals surface area contributed by atoms with Crippen molar-refractivity contribution in [2.24, 2.45) is 5.92 Å². The van der Waals surface area contributed by atoms with Crippen LogP contribution in [0, 0.1) is 5.92 Å². The molecule has 3 heteroatoms. The molecule has 112 valence electrons. The van der Waals surface area contributed by atoms with Crippen molar-refractivity contribution in [1.82, 2.24) is 14.7 Å². The largest absolute Gasteiger partial charge is 0.304 e. The zero-order valence-electron chi connectivity index (χ0n) is 13.4. The SMILES string of the molecule is CC(C)N1CCCC(CC(C)N2CCN(C)CC2)C1. The van der Waals surface area contributed by atoms with Crippen molar-refractivity contribution in [3.63, 3.8) is 0 Å². The standard InChI is InChI=1S/C16H33N3/c1-14(2)19-7-5-6-16(13-19)12-15(3)18-10-8-17(4)9-11-18/h14-16H,5-13H2,1-4H3. The normalized spacial score (nSPS) is 29.8. The molecular weight excluding hydrogens is 234 g/mol. The van der Waals surface area contributed by atoms with Crippen molar-refractivity contribution in [3.8, 4) is 0 Å². The molecule has 19 heavy (non-hydrogen) atoms. The molecule has 0 N–H and O–H groups in total. The van der Waals surface area contributed by atoms with Gasteiger partial charge in [-0.3, -0.25) is 4.90 Å². The van der Waals surface area contributed by atoms with Crippen molar-refractivity contribution < 1.29 is 0 Å². The molecule has 0 amide bonds. The molecule has 3 nitrogen and oxygen atoms in total. The number of hydrogen-bond donors (Lipinski definition) is 0. The predicted molar refractivity (Wildman–Crippen MR) is 82.6 cm³/mol. The fourth-order valence-electron chi connectivity index (χ4n) is 3.65. The van der Waals surface area contributed by atoms with Gasteiger partial charge in [0.25, 0.3) is 0 Å². The first-order chi connectivity index (χ1) is 9.06. The van der Waals surface area contributed by atoms with E-state index in [0.29, 0.717) is 0 Å². The summed E-state index contributed by atoms with van der Waals surface area (Å²) in [6.07, 6.45) is 4.24. The number of rotatable bonds is 4. The lowest BCUT2D eigenvalue weighted by Gasteiger charge is -2.40. The van der Waals surface area contributed by atoms with E-state index in [1.807, 2.05) is 0 Å². The van der Waals surface area contributed by atoms with Gasteiger partial charge in [0, 0.05) is 44.8 Å². The highest BCUT2D eigenvalue weighted by Gasteiger charge is 2.26. The number of nitrogens with zero attached hydrogens (tertiary/aromatic N) is 3. The van der Waals surface area contributed by atoms with Gasteiger partial charge in [0.2, 0.25) is 0 Å². The van der Waals surface area contributed by atoms with Crippen LogP contribution in [0.25, 0.3) is 0 Å². The minimum Gasteiger partial charge on any atom is -0.304 e. The van der Waals surface area contributed by atoms with Gasteiger partial charge < -0.3 is 9.80 Å². The van der Waals surface area contributed by atoms with E-state index in [4.69, 9.17) is 0 Å². The summed E-state index contributed by atoms with van der Waals surface area (Å²) in [5.74, 6) is 0.922. The Kier molecular flexibility index (Phi) is 5.67. The van der Waals surface area contributed by atoms with E-state index in [2.05, 4.69) is 42.5 Å². The lowest BCUT2D eigenvalue weighted by Crippen LogP contribution is -2.49. The van der Waals surface area contributed by atoms with Crippen LogP contribution in [0.5, 0.6) is 0 Å². The second kappa shape index (κ2) is 7.05. The van der Waals surface area contributed by atoms with Gasteiger partial charge in [-0.25, -0.2) is 0 Å². The number of hydrogen-bond acceptors (Lipinski definition) is 3. The quantitative estimate of drug-likeness (QED) is 0.772. The molecule has 2 aliphatic heterocycles. The first kappa shape index (κ1) is 15.3. The second-order valence-electron chi connectivity index (χ2n) is 7.02. The minimum absolute atomic E-state index is 0.724. The van der Waals surface area contributed by atoms with E-state index < -0.39 is 0 Å². The summed E-state index contributed by atoms with van der Waals surface area (Å²) >= 11 is 0. The highest BCUT2D eigenvalue weighted by molar-refractivity contribution is 4.81. The Morgan fingerprint density at radius 2 is 1.63 bits per heavy atom.